The third-order valence-corrected chi connectivity index (χ3v) is 5.55. The second-order valence-electron chi connectivity index (χ2n) is 7.81. The smallest absolute Gasteiger partial charge is 0.119 e. The minimum atomic E-state index is -0.856. The first kappa shape index (κ1) is 19.9. The summed E-state index contributed by atoms with van der Waals surface area (Å²) >= 11 is 0. The molecule has 0 bridgehead atoms. The summed E-state index contributed by atoms with van der Waals surface area (Å²) in [7, 11) is 5.77. The van der Waals surface area contributed by atoms with E-state index in [9.17, 15) is 5.11 Å². The first-order valence-electron chi connectivity index (χ1n) is 9.68. The summed E-state index contributed by atoms with van der Waals surface area (Å²) < 4.78 is 11.6. The Bertz CT molecular complexity index is 719. The van der Waals surface area contributed by atoms with E-state index in [4.69, 9.17) is 9.47 Å². The van der Waals surface area contributed by atoms with Gasteiger partial charge in [0, 0.05) is 12.5 Å². The molecule has 1 fully saturated rings. The summed E-state index contributed by atoms with van der Waals surface area (Å²) in [5.74, 6) is 0.890. The largest absolute Gasteiger partial charge is 0.497 e. The van der Waals surface area contributed by atoms with Crippen LogP contribution in [0, 0.1) is 5.92 Å². The minimum Gasteiger partial charge on any atom is -0.497 e. The number of hydrogen-bond donors (Lipinski definition) is 1. The zero-order valence-electron chi connectivity index (χ0n) is 16.6. The highest BCUT2D eigenvalue weighted by Crippen LogP contribution is 2.43. The lowest BCUT2D eigenvalue weighted by Crippen LogP contribution is -2.46. The Morgan fingerprint density at radius 2 is 1.89 bits per heavy atom. The molecule has 0 heterocycles. The van der Waals surface area contributed by atoms with Crippen LogP contribution in [0.25, 0.3) is 0 Å². The van der Waals surface area contributed by atoms with E-state index in [1.807, 2.05) is 42.5 Å². The molecule has 3 atom stereocenters. The molecular formula is C23H31NO3. The molecule has 1 N–H and O–H groups in total. The minimum absolute atomic E-state index is 0.106. The molecule has 146 valence electrons. The molecule has 2 aromatic carbocycles. The van der Waals surface area contributed by atoms with E-state index in [0.29, 0.717) is 13.0 Å². The van der Waals surface area contributed by atoms with Gasteiger partial charge < -0.3 is 19.5 Å². The predicted octanol–water partition coefficient (Wildman–Crippen LogP) is 3.83. The van der Waals surface area contributed by atoms with Gasteiger partial charge in [-0.15, -0.1) is 0 Å². The van der Waals surface area contributed by atoms with E-state index in [2.05, 4.69) is 31.1 Å². The highest BCUT2D eigenvalue weighted by atomic mass is 16.5. The van der Waals surface area contributed by atoms with E-state index in [-0.39, 0.29) is 12.0 Å². The van der Waals surface area contributed by atoms with E-state index in [1.165, 1.54) is 5.56 Å². The van der Waals surface area contributed by atoms with Gasteiger partial charge in [-0.1, -0.05) is 42.5 Å². The SMILES string of the molecule is COc1cccc([C@]2(O)CC[C@H](OCc3ccccc3)C[C@H]2CN(C)C)c1. The van der Waals surface area contributed by atoms with Gasteiger partial charge in [0.2, 0.25) is 0 Å². The summed E-state index contributed by atoms with van der Waals surface area (Å²) in [5, 5.41) is 11.6. The van der Waals surface area contributed by atoms with Crippen molar-refractivity contribution in [3.63, 3.8) is 0 Å². The first-order chi connectivity index (χ1) is 13.0. The molecule has 0 amide bonds. The molecule has 0 radical (unpaired) electrons. The third-order valence-electron chi connectivity index (χ3n) is 5.55. The molecule has 0 unspecified atom stereocenters. The average molecular weight is 370 g/mol. The molecule has 1 aliphatic carbocycles. The topological polar surface area (TPSA) is 41.9 Å². The van der Waals surface area contributed by atoms with Crippen LogP contribution in [0.5, 0.6) is 5.75 Å². The van der Waals surface area contributed by atoms with Crippen LogP contribution in [0.1, 0.15) is 30.4 Å². The summed E-state index contributed by atoms with van der Waals surface area (Å²) in [6, 6.07) is 18.1. The van der Waals surface area contributed by atoms with Crippen LogP contribution in [-0.4, -0.2) is 43.9 Å². The molecule has 2 aromatic rings. The first-order valence-corrected chi connectivity index (χ1v) is 9.68. The molecule has 27 heavy (non-hydrogen) atoms. The quantitative estimate of drug-likeness (QED) is 0.805. The zero-order valence-corrected chi connectivity index (χ0v) is 16.6. The van der Waals surface area contributed by atoms with Gasteiger partial charge in [0.25, 0.3) is 0 Å². The molecule has 1 aliphatic rings. The van der Waals surface area contributed by atoms with Crippen molar-refractivity contribution >= 4 is 0 Å². The van der Waals surface area contributed by atoms with E-state index in [0.717, 1.165) is 30.7 Å². The fourth-order valence-electron chi connectivity index (χ4n) is 4.09. The fraction of sp³-hybridized carbons (Fsp3) is 0.478. The van der Waals surface area contributed by atoms with Crippen LogP contribution in [0.2, 0.25) is 0 Å². The standard InChI is InChI=1S/C23H31NO3/c1-24(2)16-20-15-22(27-17-18-8-5-4-6-9-18)12-13-23(20,25)19-10-7-11-21(14-19)26-3/h4-11,14,20,22,25H,12-13,15-17H2,1-3H3/t20-,22-,23+/m0/s1. The Labute approximate surface area is 162 Å². The van der Waals surface area contributed by atoms with Crippen LogP contribution in [0.3, 0.4) is 0 Å². The van der Waals surface area contributed by atoms with E-state index in [1.54, 1.807) is 7.11 Å². The van der Waals surface area contributed by atoms with Crippen molar-refractivity contribution in [3.8, 4) is 5.75 Å². The van der Waals surface area contributed by atoms with Gasteiger partial charge >= 0.3 is 0 Å². The van der Waals surface area contributed by atoms with Crippen molar-refractivity contribution in [3.05, 3.63) is 65.7 Å². The maximum Gasteiger partial charge on any atom is 0.119 e. The van der Waals surface area contributed by atoms with Gasteiger partial charge in [-0.3, -0.25) is 0 Å². The monoisotopic (exact) mass is 369 g/mol. The molecule has 4 heteroatoms. The number of rotatable bonds is 7. The van der Waals surface area contributed by atoms with Crippen LogP contribution in [0.4, 0.5) is 0 Å². The number of nitrogens with zero attached hydrogens (tertiary/aromatic N) is 1. The molecule has 0 aromatic heterocycles. The van der Waals surface area contributed by atoms with Crippen molar-refractivity contribution in [2.24, 2.45) is 5.92 Å². The van der Waals surface area contributed by atoms with Crippen molar-refractivity contribution < 1.29 is 14.6 Å². The van der Waals surface area contributed by atoms with Gasteiger partial charge in [0.15, 0.2) is 0 Å². The third kappa shape index (κ3) is 4.89. The maximum absolute atomic E-state index is 11.6. The molecule has 4 nitrogen and oxygen atoms in total. The predicted molar refractivity (Wildman–Crippen MR) is 108 cm³/mol. The van der Waals surface area contributed by atoms with E-state index < -0.39 is 5.60 Å². The highest BCUT2D eigenvalue weighted by molar-refractivity contribution is 5.33. The van der Waals surface area contributed by atoms with Crippen molar-refractivity contribution in [2.75, 3.05) is 27.7 Å². The normalized spacial score (nSPS) is 25.5. The fourth-order valence-corrected chi connectivity index (χ4v) is 4.09. The van der Waals surface area contributed by atoms with Crippen LogP contribution < -0.4 is 4.74 Å². The molecule has 0 saturated heterocycles. The van der Waals surface area contributed by atoms with Crippen LogP contribution in [-0.2, 0) is 16.9 Å². The Balaban J connectivity index is 1.74. The number of hydrogen-bond acceptors (Lipinski definition) is 4. The Kier molecular flexibility index (Phi) is 6.53. The Morgan fingerprint density at radius 3 is 2.59 bits per heavy atom. The van der Waals surface area contributed by atoms with Gasteiger partial charge in [-0.2, -0.15) is 0 Å². The number of methoxy groups -OCH3 is 1. The maximum atomic E-state index is 11.6. The number of aliphatic hydroxyl groups is 1. The van der Waals surface area contributed by atoms with Crippen molar-refractivity contribution in [1.82, 2.24) is 4.90 Å². The van der Waals surface area contributed by atoms with Gasteiger partial charge in [-0.25, -0.2) is 0 Å². The molecule has 1 saturated carbocycles. The Morgan fingerprint density at radius 1 is 1.11 bits per heavy atom. The molecule has 0 spiro atoms. The molecule has 0 aliphatic heterocycles. The second-order valence-corrected chi connectivity index (χ2v) is 7.81. The van der Waals surface area contributed by atoms with Crippen molar-refractivity contribution in [2.45, 2.75) is 37.6 Å². The summed E-state index contributed by atoms with van der Waals surface area (Å²) in [6.45, 7) is 1.44. The highest BCUT2D eigenvalue weighted by Gasteiger charge is 2.44. The van der Waals surface area contributed by atoms with E-state index >= 15 is 0 Å². The summed E-state index contributed by atoms with van der Waals surface area (Å²) in [6.07, 6.45) is 2.56. The summed E-state index contributed by atoms with van der Waals surface area (Å²) in [4.78, 5) is 2.15. The van der Waals surface area contributed by atoms with Gasteiger partial charge in [-0.05, 0) is 56.6 Å². The number of benzene rings is 2. The van der Waals surface area contributed by atoms with Crippen LogP contribution >= 0.6 is 0 Å². The zero-order chi connectivity index (χ0) is 19.3. The Hall–Kier alpha value is -1.88. The lowest BCUT2D eigenvalue weighted by molar-refractivity contribution is -0.110. The lowest BCUT2D eigenvalue weighted by atomic mass is 9.70. The molecule has 3 rings (SSSR count). The van der Waals surface area contributed by atoms with Crippen molar-refractivity contribution in [1.29, 1.82) is 0 Å². The average Bonchev–Trinajstić information content (AvgIpc) is 2.69. The lowest BCUT2D eigenvalue weighted by Gasteiger charge is -2.44. The number of ether oxygens (including phenoxy) is 2. The van der Waals surface area contributed by atoms with Gasteiger partial charge in [0.05, 0.1) is 25.4 Å². The van der Waals surface area contributed by atoms with Crippen LogP contribution in [0.15, 0.2) is 54.6 Å². The summed E-state index contributed by atoms with van der Waals surface area (Å²) in [5.41, 5.74) is 1.27. The van der Waals surface area contributed by atoms with Gasteiger partial charge in [0.1, 0.15) is 5.75 Å². The molecular weight excluding hydrogens is 338 g/mol. The second kappa shape index (κ2) is 8.87.